The second kappa shape index (κ2) is 11.1. The Labute approximate surface area is 184 Å². The highest BCUT2D eigenvalue weighted by Gasteiger charge is 2.15. The summed E-state index contributed by atoms with van der Waals surface area (Å²) >= 11 is 2.71. The van der Waals surface area contributed by atoms with E-state index in [0.717, 1.165) is 31.4 Å². The lowest BCUT2D eigenvalue weighted by Crippen LogP contribution is -2.12. The predicted octanol–water partition coefficient (Wildman–Crippen LogP) is 3.91. The smallest absolute Gasteiger partial charge is 0.311 e. The fourth-order valence-electron chi connectivity index (χ4n) is 3.21. The van der Waals surface area contributed by atoms with E-state index in [-0.39, 0.29) is 24.7 Å². The third kappa shape index (κ3) is 6.28. The summed E-state index contributed by atoms with van der Waals surface area (Å²) in [5.41, 5.74) is 3.45. The van der Waals surface area contributed by atoms with Crippen molar-refractivity contribution in [2.24, 2.45) is 0 Å². The zero-order chi connectivity index (χ0) is 21.3. The minimum Gasteiger partial charge on any atom is -0.466 e. The van der Waals surface area contributed by atoms with Crippen LogP contribution in [0.1, 0.15) is 55.1 Å². The maximum Gasteiger partial charge on any atom is 0.311 e. The number of nitrogens with zero attached hydrogens (tertiary/aromatic N) is 3. The normalized spacial score (nSPS) is 13.1. The summed E-state index contributed by atoms with van der Waals surface area (Å²) in [6.07, 6.45) is 5.77. The lowest BCUT2D eigenvalue weighted by molar-refractivity contribution is -0.142. The van der Waals surface area contributed by atoms with E-state index in [1.165, 1.54) is 35.1 Å². The average molecular weight is 445 g/mol. The van der Waals surface area contributed by atoms with E-state index in [1.54, 1.807) is 12.3 Å². The van der Waals surface area contributed by atoms with Gasteiger partial charge in [0, 0.05) is 23.2 Å². The van der Waals surface area contributed by atoms with Crippen LogP contribution in [0, 0.1) is 11.3 Å². The molecule has 1 aliphatic carbocycles. The molecular weight excluding hydrogens is 420 g/mol. The fraction of sp³-hybridized carbons (Fsp3) is 0.476. The van der Waals surface area contributed by atoms with Crippen molar-refractivity contribution in [1.29, 1.82) is 5.26 Å². The van der Waals surface area contributed by atoms with Crippen molar-refractivity contribution in [3.05, 3.63) is 34.0 Å². The van der Waals surface area contributed by atoms with E-state index >= 15 is 0 Å². The number of nitrogens with one attached hydrogen (secondary N) is 1. The number of anilines is 1. The van der Waals surface area contributed by atoms with Gasteiger partial charge in [0.15, 0.2) is 5.13 Å². The van der Waals surface area contributed by atoms with Gasteiger partial charge in [-0.25, -0.2) is 9.97 Å². The minimum atomic E-state index is -0.335. The Balaban J connectivity index is 1.51. The van der Waals surface area contributed by atoms with Gasteiger partial charge in [-0.05, 0) is 44.2 Å². The molecule has 0 bridgehead atoms. The summed E-state index contributed by atoms with van der Waals surface area (Å²) in [6, 6.07) is 4.21. The van der Waals surface area contributed by atoms with Crippen LogP contribution in [0.4, 0.5) is 5.13 Å². The van der Waals surface area contributed by atoms with Gasteiger partial charge in [-0.15, -0.1) is 23.1 Å². The molecule has 0 aromatic carbocycles. The van der Waals surface area contributed by atoms with Crippen LogP contribution in [0.25, 0.3) is 0 Å². The van der Waals surface area contributed by atoms with Crippen LogP contribution >= 0.6 is 23.1 Å². The van der Waals surface area contributed by atoms with Crippen molar-refractivity contribution >= 4 is 40.1 Å². The minimum absolute atomic E-state index is 0.0942. The molecule has 2 aromatic heterocycles. The number of rotatable bonds is 8. The largest absolute Gasteiger partial charge is 0.466 e. The molecule has 0 unspecified atom stereocenters. The number of aromatic nitrogens is 2. The zero-order valence-electron chi connectivity index (χ0n) is 16.9. The predicted molar refractivity (Wildman–Crippen MR) is 117 cm³/mol. The van der Waals surface area contributed by atoms with Gasteiger partial charge in [0.2, 0.25) is 5.91 Å². The number of thiazole rings is 1. The third-order valence-corrected chi connectivity index (χ3v) is 6.43. The first-order valence-corrected chi connectivity index (χ1v) is 11.9. The van der Waals surface area contributed by atoms with E-state index in [4.69, 9.17) is 9.72 Å². The Bertz CT molecular complexity index is 952. The molecule has 0 saturated carbocycles. The molecule has 0 radical (unpaired) electrons. The number of esters is 1. The van der Waals surface area contributed by atoms with E-state index in [0.29, 0.717) is 33.8 Å². The number of pyridine rings is 1. The standard InChI is InChI=1S/C21H24N4O3S2/c1-2-28-19(27)11-16-13-30-21(23-16)25-18(26)8-9-29-20-15(12-22)10-14-6-4-3-5-7-17(14)24-20/h10,13H,2-9,11H2,1H3,(H,23,25,26). The van der Waals surface area contributed by atoms with Gasteiger partial charge in [0.25, 0.3) is 0 Å². The van der Waals surface area contributed by atoms with Gasteiger partial charge in [0.1, 0.15) is 11.1 Å². The maximum absolute atomic E-state index is 12.2. The first kappa shape index (κ1) is 22.2. The number of nitriles is 1. The second-order valence-corrected chi connectivity index (χ2v) is 8.83. The van der Waals surface area contributed by atoms with Crippen LogP contribution in [0.5, 0.6) is 0 Å². The number of ether oxygens (including phenoxy) is 1. The highest BCUT2D eigenvalue weighted by molar-refractivity contribution is 7.99. The summed E-state index contributed by atoms with van der Waals surface area (Å²) in [6.45, 7) is 2.08. The number of fused-ring (bicyclic) bond motifs is 1. The quantitative estimate of drug-likeness (QED) is 0.374. The summed E-state index contributed by atoms with van der Waals surface area (Å²) in [7, 11) is 0. The van der Waals surface area contributed by atoms with E-state index in [1.807, 2.05) is 6.07 Å². The van der Waals surface area contributed by atoms with Gasteiger partial charge in [-0.3, -0.25) is 9.59 Å². The Kier molecular flexibility index (Phi) is 8.22. The van der Waals surface area contributed by atoms with Gasteiger partial charge in [0.05, 0.1) is 24.3 Å². The van der Waals surface area contributed by atoms with Crippen LogP contribution in [-0.4, -0.2) is 34.2 Å². The SMILES string of the molecule is CCOC(=O)Cc1csc(NC(=O)CCSc2nc3c(cc2C#N)CCCCC3)n1. The zero-order valence-corrected chi connectivity index (χ0v) is 18.5. The van der Waals surface area contributed by atoms with Gasteiger partial charge in [-0.1, -0.05) is 6.42 Å². The highest BCUT2D eigenvalue weighted by Crippen LogP contribution is 2.27. The van der Waals surface area contributed by atoms with E-state index in [9.17, 15) is 14.9 Å². The number of thioether (sulfide) groups is 1. The van der Waals surface area contributed by atoms with Crippen LogP contribution in [0.2, 0.25) is 0 Å². The molecule has 1 aliphatic rings. The van der Waals surface area contributed by atoms with Crippen LogP contribution in [0.3, 0.4) is 0 Å². The second-order valence-electron chi connectivity index (χ2n) is 6.89. The molecule has 0 spiro atoms. The first-order valence-electron chi connectivity index (χ1n) is 10.0. The number of amides is 1. The number of hydrogen-bond acceptors (Lipinski definition) is 8. The number of aryl methyl sites for hydroxylation is 2. The topological polar surface area (TPSA) is 105 Å². The molecule has 0 fully saturated rings. The van der Waals surface area contributed by atoms with Crippen molar-refractivity contribution < 1.29 is 14.3 Å². The molecule has 1 N–H and O–H groups in total. The van der Waals surface area contributed by atoms with Crippen molar-refractivity contribution in [2.45, 2.75) is 56.9 Å². The van der Waals surface area contributed by atoms with Gasteiger partial charge < -0.3 is 10.1 Å². The summed E-state index contributed by atoms with van der Waals surface area (Å²) in [5.74, 6) is 0.0271. The summed E-state index contributed by atoms with van der Waals surface area (Å²) in [5, 5.41) is 15.1. The van der Waals surface area contributed by atoms with Crippen molar-refractivity contribution in [1.82, 2.24) is 9.97 Å². The summed E-state index contributed by atoms with van der Waals surface area (Å²) < 4.78 is 4.90. The molecular formula is C21H24N4O3S2. The highest BCUT2D eigenvalue weighted by atomic mass is 32.2. The monoisotopic (exact) mass is 444 g/mol. The maximum atomic E-state index is 12.2. The Morgan fingerprint density at radius 2 is 2.13 bits per heavy atom. The van der Waals surface area contributed by atoms with Crippen LogP contribution in [0.15, 0.2) is 16.5 Å². The molecule has 1 amide bonds. The Morgan fingerprint density at radius 3 is 2.93 bits per heavy atom. The van der Waals surface area contributed by atoms with Crippen LogP contribution in [-0.2, 0) is 33.6 Å². The molecule has 158 valence electrons. The first-order chi connectivity index (χ1) is 14.6. The molecule has 2 heterocycles. The average Bonchev–Trinajstić information content (AvgIpc) is 3.01. The van der Waals surface area contributed by atoms with E-state index in [2.05, 4.69) is 16.4 Å². The third-order valence-electron chi connectivity index (χ3n) is 4.63. The molecule has 0 saturated heterocycles. The fourth-order valence-corrected chi connectivity index (χ4v) is 4.85. The molecule has 0 atom stereocenters. The number of carbonyl (C=O) groups excluding carboxylic acids is 2. The Hall–Kier alpha value is -2.44. The van der Waals surface area contributed by atoms with Gasteiger partial charge in [-0.2, -0.15) is 5.26 Å². The molecule has 7 nitrogen and oxygen atoms in total. The van der Waals surface area contributed by atoms with Crippen molar-refractivity contribution in [3.63, 3.8) is 0 Å². The molecule has 30 heavy (non-hydrogen) atoms. The molecule has 3 rings (SSSR count). The molecule has 2 aromatic rings. The van der Waals surface area contributed by atoms with Crippen LogP contribution < -0.4 is 5.32 Å². The van der Waals surface area contributed by atoms with E-state index < -0.39 is 0 Å². The number of hydrogen-bond donors (Lipinski definition) is 1. The number of carbonyl (C=O) groups is 2. The lowest BCUT2D eigenvalue weighted by Gasteiger charge is -2.09. The van der Waals surface area contributed by atoms with Crippen molar-refractivity contribution in [2.75, 3.05) is 17.7 Å². The Morgan fingerprint density at radius 1 is 1.30 bits per heavy atom. The molecule has 0 aliphatic heterocycles. The lowest BCUT2D eigenvalue weighted by atomic mass is 10.1. The van der Waals surface area contributed by atoms with Crippen molar-refractivity contribution in [3.8, 4) is 6.07 Å². The molecule has 9 heteroatoms. The summed E-state index contributed by atoms with van der Waals surface area (Å²) in [4.78, 5) is 32.7. The van der Waals surface area contributed by atoms with Gasteiger partial charge >= 0.3 is 5.97 Å².